The van der Waals surface area contributed by atoms with Gasteiger partial charge in [-0.05, 0) is 43.9 Å². The molecule has 1 aliphatic rings. The van der Waals surface area contributed by atoms with E-state index in [1.807, 2.05) is 25.1 Å². The van der Waals surface area contributed by atoms with Crippen LogP contribution in [0, 0.1) is 6.92 Å². The molecule has 23 heavy (non-hydrogen) atoms. The van der Waals surface area contributed by atoms with Gasteiger partial charge in [-0.2, -0.15) is 4.98 Å². The zero-order chi connectivity index (χ0) is 16.1. The molecule has 5 heteroatoms. The standard InChI is InChI=1S/C18H23ClN4/c1-13-12-17(20-11-10-14-6-8-15(19)9-7-14)23-18(21-13)22-16-4-2-3-5-16/h6-9,12,16H,2-5,10-11H2,1H3,(H2,20,21,22,23). The molecule has 2 N–H and O–H groups in total. The molecule has 2 aromatic rings. The van der Waals surface area contributed by atoms with Crippen LogP contribution in [0.15, 0.2) is 30.3 Å². The summed E-state index contributed by atoms with van der Waals surface area (Å²) in [5.74, 6) is 1.62. The predicted molar refractivity (Wildman–Crippen MR) is 96.3 cm³/mol. The van der Waals surface area contributed by atoms with E-state index in [0.717, 1.165) is 35.4 Å². The first-order chi connectivity index (χ1) is 11.2. The average molecular weight is 331 g/mol. The van der Waals surface area contributed by atoms with E-state index in [1.165, 1.54) is 31.2 Å². The van der Waals surface area contributed by atoms with E-state index in [0.29, 0.717) is 6.04 Å². The number of anilines is 2. The molecule has 0 atom stereocenters. The molecule has 0 radical (unpaired) electrons. The van der Waals surface area contributed by atoms with Gasteiger partial charge in [-0.15, -0.1) is 0 Å². The highest BCUT2D eigenvalue weighted by atomic mass is 35.5. The van der Waals surface area contributed by atoms with E-state index in [1.54, 1.807) is 0 Å². The van der Waals surface area contributed by atoms with Gasteiger partial charge in [-0.3, -0.25) is 0 Å². The molecular weight excluding hydrogens is 308 g/mol. The molecule has 1 aliphatic carbocycles. The van der Waals surface area contributed by atoms with Crippen molar-refractivity contribution in [3.63, 3.8) is 0 Å². The fourth-order valence-corrected chi connectivity index (χ4v) is 3.09. The monoisotopic (exact) mass is 330 g/mol. The third kappa shape index (κ3) is 4.83. The van der Waals surface area contributed by atoms with Gasteiger partial charge < -0.3 is 10.6 Å². The van der Waals surface area contributed by atoms with Crippen LogP contribution in [0.5, 0.6) is 0 Å². The molecule has 4 nitrogen and oxygen atoms in total. The van der Waals surface area contributed by atoms with Crippen LogP contribution in [0.4, 0.5) is 11.8 Å². The molecule has 1 aromatic carbocycles. The van der Waals surface area contributed by atoms with Crippen LogP contribution in [0.3, 0.4) is 0 Å². The molecule has 1 saturated carbocycles. The van der Waals surface area contributed by atoms with Gasteiger partial charge in [-0.25, -0.2) is 4.98 Å². The molecule has 0 bridgehead atoms. The summed E-state index contributed by atoms with van der Waals surface area (Å²) in [6.07, 6.45) is 5.98. The van der Waals surface area contributed by atoms with Crippen LogP contribution in [0.1, 0.15) is 36.9 Å². The number of rotatable bonds is 6. The number of nitrogens with zero attached hydrogens (tertiary/aromatic N) is 2. The Labute approximate surface area is 142 Å². The van der Waals surface area contributed by atoms with Crippen molar-refractivity contribution in [1.82, 2.24) is 9.97 Å². The lowest BCUT2D eigenvalue weighted by molar-refractivity contribution is 0.743. The lowest BCUT2D eigenvalue weighted by Crippen LogP contribution is -2.17. The van der Waals surface area contributed by atoms with Crippen LogP contribution in [-0.2, 0) is 6.42 Å². The van der Waals surface area contributed by atoms with Crippen molar-refractivity contribution in [3.05, 3.63) is 46.6 Å². The topological polar surface area (TPSA) is 49.8 Å². The van der Waals surface area contributed by atoms with Gasteiger partial charge in [0.15, 0.2) is 0 Å². The number of aryl methyl sites for hydroxylation is 1. The van der Waals surface area contributed by atoms with Gasteiger partial charge in [0.05, 0.1) is 0 Å². The number of halogens is 1. The third-order valence-electron chi connectivity index (χ3n) is 4.18. The van der Waals surface area contributed by atoms with Crippen LogP contribution in [0.2, 0.25) is 5.02 Å². The molecule has 122 valence electrons. The molecule has 0 spiro atoms. The summed E-state index contributed by atoms with van der Waals surface area (Å²) in [6.45, 7) is 2.84. The fraction of sp³-hybridized carbons (Fsp3) is 0.444. The summed E-state index contributed by atoms with van der Waals surface area (Å²) in [6, 6.07) is 10.5. The molecule has 0 aliphatic heterocycles. The highest BCUT2D eigenvalue weighted by Crippen LogP contribution is 2.21. The molecule has 0 amide bonds. The van der Waals surface area contributed by atoms with Gasteiger partial charge in [0, 0.05) is 29.4 Å². The Hall–Kier alpha value is -1.81. The quantitative estimate of drug-likeness (QED) is 0.821. The lowest BCUT2D eigenvalue weighted by Gasteiger charge is -2.14. The van der Waals surface area contributed by atoms with E-state index in [2.05, 4.69) is 32.7 Å². The lowest BCUT2D eigenvalue weighted by atomic mass is 10.1. The number of benzene rings is 1. The molecule has 1 heterocycles. The number of nitrogens with one attached hydrogen (secondary N) is 2. The van der Waals surface area contributed by atoms with Gasteiger partial charge >= 0.3 is 0 Å². The first-order valence-electron chi connectivity index (χ1n) is 8.29. The van der Waals surface area contributed by atoms with Gasteiger partial charge in [0.2, 0.25) is 5.95 Å². The summed E-state index contributed by atoms with van der Waals surface area (Å²) < 4.78 is 0. The maximum absolute atomic E-state index is 5.91. The Morgan fingerprint density at radius 1 is 1.13 bits per heavy atom. The van der Waals surface area contributed by atoms with Gasteiger partial charge in [0.25, 0.3) is 0 Å². The molecular formula is C18H23ClN4. The second kappa shape index (κ2) is 7.64. The van der Waals surface area contributed by atoms with E-state index < -0.39 is 0 Å². The van der Waals surface area contributed by atoms with Crippen molar-refractivity contribution in [3.8, 4) is 0 Å². The minimum absolute atomic E-state index is 0.527. The highest BCUT2D eigenvalue weighted by molar-refractivity contribution is 6.30. The van der Waals surface area contributed by atoms with E-state index in [9.17, 15) is 0 Å². The van der Waals surface area contributed by atoms with Gasteiger partial charge in [0.1, 0.15) is 5.82 Å². The normalized spacial score (nSPS) is 14.9. The largest absolute Gasteiger partial charge is 0.370 e. The first-order valence-corrected chi connectivity index (χ1v) is 8.67. The predicted octanol–water partition coefficient (Wildman–Crippen LogP) is 4.45. The van der Waals surface area contributed by atoms with Crippen LogP contribution < -0.4 is 10.6 Å². The molecule has 3 rings (SSSR count). The summed E-state index contributed by atoms with van der Waals surface area (Å²) >= 11 is 5.91. The van der Waals surface area contributed by atoms with Crippen molar-refractivity contribution < 1.29 is 0 Å². The Balaban J connectivity index is 1.56. The molecule has 1 aromatic heterocycles. The zero-order valence-electron chi connectivity index (χ0n) is 13.5. The van der Waals surface area contributed by atoms with Crippen molar-refractivity contribution in [2.75, 3.05) is 17.2 Å². The van der Waals surface area contributed by atoms with Crippen LogP contribution in [0.25, 0.3) is 0 Å². The Morgan fingerprint density at radius 2 is 1.87 bits per heavy atom. The fourth-order valence-electron chi connectivity index (χ4n) is 2.96. The molecule has 0 unspecified atom stereocenters. The van der Waals surface area contributed by atoms with Gasteiger partial charge in [-0.1, -0.05) is 36.6 Å². The second-order valence-electron chi connectivity index (χ2n) is 6.15. The van der Waals surface area contributed by atoms with E-state index in [4.69, 9.17) is 11.6 Å². The number of hydrogen-bond acceptors (Lipinski definition) is 4. The van der Waals surface area contributed by atoms with Crippen LogP contribution in [-0.4, -0.2) is 22.6 Å². The number of hydrogen-bond donors (Lipinski definition) is 2. The van der Waals surface area contributed by atoms with E-state index in [-0.39, 0.29) is 0 Å². The number of aromatic nitrogens is 2. The summed E-state index contributed by atoms with van der Waals surface area (Å²) in [4.78, 5) is 9.08. The van der Waals surface area contributed by atoms with Crippen molar-refractivity contribution in [2.24, 2.45) is 0 Å². The summed E-state index contributed by atoms with van der Waals surface area (Å²) in [5, 5.41) is 7.62. The minimum atomic E-state index is 0.527. The Morgan fingerprint density at radius 3 is 2.61 bits per heavy atom. The molecule has 0 saturated heterocycles. The third-order valence-corrected chi connectivity index (χ3v) is 4.43. The smallest absolute Gasteiger partial charge is 0.225 e. The summed E-state index contributed by atoms with van der Waals surface area (Å²) in [5.41, 5.74) is 2.24. The second-order valence-corrected chi connectivity index (χ2v) is 6.58. The zero-order valence-corrected chi connectivity index (χ0v) is 14.2. The average Bonchev–Trinajstić information content (AvgIpc) is 3.02. The van der Waals surface area contributed by atoms with Crippen molar-refractivity contribution in [1.29, 1.82) is 0 Å². The van der Waals surface area contributed by atoms with E-state index >= 15 is 0 Å². The van der Waals surface area contributed by atoms with Crippen LogP contribution >= 0.6 is 11.6 Å². The minimum Gasteiger partial charge on any atom is -0.370 e. The highest BCUT2D eigenvalue weighted by Gasteiger charge is 2.15. The van der Waals surface area contributed by atoms with Crippen molar-refractivity contribution in [2.45, 2.75) is 45.1 Å². The Kier molecular flexibility index (Phi) is 5.34. The Bertz CT molecular complexity index is 636. The maximum Gasteiger partial charge on any atom is 0.225 e. The molecule has 1 fully saturated rings. The summed E-state index contributed by atoms with van der Waals surface area (Å²) in [7, 11) is 0. The maximum atomic E-state index is 5.91. The SMILES string of the molecule is Cc1cc(NCCc2ccc(Cl)cc2)nc(NC2CCCC2)n1. The first kappa shape index (κ1) is 16.1. The van der Waals surface area contributed by atoms with Crippen molar-refractivity contribution >= 4 is 23.4 Å².